The molecule has 3 aliphatic rings. The summed E-state index contributed by atoms with van der Waals surface area (Å²) in [6, 6.07) is 6.90. The number of hydrogen-bond donors (Lipinski definition) is 1. The van der Waals surface area contributed by atoms with Crippen LogP contribution < -0.4 is 5.32 Å². The van der Waals surface area contributed by atoms with Gasteiger partial charge < -0.3 is 29.5 Å². The van der Waals surface area contributed by atoms with Crippen molar-refractivity contribution >= 4 is 39.5 Å². The predicted molar refractivity (Wildman–Crippen MR) is 112 cm³/mol. The molecule has 9 nitrogen and oxygen atoms in total. The molecule has 30 heavy (non-hydrogen) atoms. The number of nitrogens with zero attached hydrogens (tertiary/aromatic N) is 3. The molecule has 1 aromatic rings. The lowest BCUT2D eigenvalue weighted by atomic mass is 10.0. The van der Waals surface area contributed by atoms with Gasteiger partial charge in [-0.15, -0.1) is 0 Å². The predicted octanol–water partition coefficient (Wildman–Crippen LogP) is 1.49. The van der Waals surface area contributed by atoms with Crippen LogP contribution in [0.3, 0.4) is 0 Å². The second kappa shape index (κ2) is 8.91. The van der Waals surface area contributed by atoms with Crippen molar-refractivity contribution < 1.29 is 23.9 Å². The number of anilines is 1. The first-order valence-corrected chi connectivity index (χ1v) is 10.9. The van der Waals surface area contributed by atoms with Gasteiger partial charge in [0.1, 0.15) is 6.54 Å². The first kappa shape index (κ1) is 21.1. The Kier molecular flexibility index (Phi) is 6.26. The molecule has 0 saturated carbocycles. The molecule has 4 rings (SSSR count). The van der Waals surface area contributed by atoms with Crippen molar-refractivity contribution in [2.24, 2.45) is 0 Å². The molecule has 0 aromatic heterocycles. The van der Waals surface area contributed by atoms with Crippen molar-refractivity contribution in [1.29, 1.82) is 0 Å². The number of benzene rings is 1. The third-order valence-corrected chi connectivity index (χ3v) is 6.25. The van der Waals surface area contributed by atoms with Gasteiger partial charge in [-0.3, -0.25) is 9.59 Å². The van der Waals surface area contributed by atoms with E-state index in [1.54, 1.807) is 17.0 Å². The van der Waals surface area contributed by atoms with E-state index >= 15 is 0 Å². The summed E-state index contributed by atoms with van der Waals surface area (Å²) in [6.45, 7) is 3.03. The van der Waals surface area contributed by atoms with Crippen molar-refractivity contribution in [2.45, 2.75) is 18.6 Å². The molecule has 0 radical (unpaired) electrons. The number of urea groups is 1. The lowest BCUT2D eigenvalue weighted by Gasteiger charge is -2.39. The van der Waals surface area contributed by atoms with Gasteiger partial charge in [0.05, 0.1) is 19.8 Å². The summed E-state index contributed by atoms with van der Waals surface area (Å²) in [4.78, 5) is 42.3. The normalized spacial score (nSPS) is 21.2. The number of nitrogens with one attached hydrogen (secondary N) is 1. The summed E-state index contributed by atoms with van der Waals surface area (Å²) in [5.41, 5.74) is 0.659. The van der Waals surface area contributed by atoms with E-state index in [-0.39, 0.29) is 30.9 Å². The SMILES string of the molecule is O=C(CN1CCN(C(=O)Nc2ccc(Br)cc2)CC1=O)N1CCC2(CC1)OCCO2. The van der Waals surface area contributed by atoms with Crippen LogP contribution in [0.15, 0.2) is 28.7 Å². The Balaban J connectivity index is 1.24. The summed E-state index contributed by atoms with van der Waals surface area (Å²) >= 11 is 3.35. The topological polar surface area (TPSA) is 91.4 Å². The van der Waals surface area contributed by atoms with Gasteiger partial charge >= 0.3 is 6.03 Å². The molecule has 1 N–H and O–H groups in total. The fourth-order valence-corrected chi connectivity index (χ4v) is 4.19. The lowest BCUT2D eigenvalue weighted by Crippen LogP contribution is -2.56. The van der Waals surface area contributed by atoms with Crippen molar-refractivity contribution in [1.82, 2.24) is 14.7 Å². The molecule has 0 atom stereocenters. The average molecular weight is 481 g/mol. The van der Waals surface area contributed by atoms with Crippen LogP contribution in [0.2, 0.25) is 0 Å². The number of piperidine rings is 1. The molecule has 3 heterocycles. The Morgan fingerprint density at radius 1 is 1.00 bits per heavy atom. The van der Waals surface area contributed by atoms with E-state index in [9.17, 15) is 14.4 Å². The van der Waals surface area contributed by atoms with E-state index in [1.807, 2.05) is 12.1 Å². The van der Waals surface area contributed by atoms with E-state index in [0.717, 1.165) is 4.47 Å². The van der Waals surface area contributed by atoms with Gasteiger partial charge in [-0.1, -0.05) is 15.9 Å². The second-order valence-electron chi connectivity index (χ2n) is 7.66. The van der Waals surface area contributed by atoms with E-state index in [2.05, 4.69) is 21.2 Å². The first-order valence-electron chi connectivity index (χ1n) is 10.1. The molecule has 0 bridgehead atoms. The number of rotatable bonds is 3. The molecule has 10 heteroatoms. The molecular formula is C20H25BrN4O5. The van der Waals surface area contributed by atoms with Crippen LogP contribution in [0.5, 0.6) is 0 Å². The van der Waals surface area contributed by atoms with Crippen LogP contribution in [-0.2, 0) is 19.1 Å². The summed E-state index contributed by atoms with van der Waals surface area (Å²) in [7, 11) is 0. The molecule has 162 valence electrons. The van der Waals surface area contributed by atoms with E-state index in [4.69, 9.17) is 9.47 Å². The van der Waals surface area contributed by atoms with Crippen LogP contribution in [0, 0.1) is 0 Å². The minimum absolute atomic E-state index is 0.0374. The van der Waals surface area contributed by atoms with Gasteiger partial charge in [0.2, 0.25) is 11.8 Å². The zero-order valence-electron chi connectivity index (χ0n) is 16.6. The highest BCUT2D eigenvalue weighted by Gasteiger charge is 2.41. The standard InChI is InChI=1S/C20H25BrN4O5/c21-15-1-3-16(4-2-15)22-19(28)25-10-9-24(18(27)14-25)13-17(26)23-7-5-20(6-8-23)29-11-12-30-20/h1-4H,5-14H2,(H,22,28). The first-order chi connectivity index (χ1) is 14.4. The van der Waals surface area contributed by atoms with Crippen molar-refractivity contribution in [3.8, 4) is 0 Å². The number of likely N-dealkylation sites (tertiary alicyclic amines) is 1. The monoisotopic (exact) mass is 480 g/mol. The number of carbonyl (C=O) groups is 3. The van der Waals surface area contributed by atoms with Crippen LogP contribution in [0.1, 0.15) is 12.8 Å². The number of carbonyl (C=O) groups excluding carboxylic acids is 3. The van der Waals surface area contributed by atoms with Gasteiger partial charge in [-0.2, -0.15) is 0 Å². The molecule has 3 aliphatic heterocycles. The zero-order valence-corrected chi connectivity index (χ0v) is 18.2. The molecule has 4 amide bonds. The van der Waals surface area contributed by atoms with Crippen LogP contribution in [-0.4, -0.2) is 90.8 Å². The summed E-state index contributed by atoms with van der Waals surface area (Å²) in [6.07, 6.45) is 1.30. The van der Waals surface area contributed by atoms with Gasteiger partial charge in [0.15, 0.2) is 5.79 Å². The van der Waals surface area contributed by atoms with Crippen LogP contribution >= 0.6 is 15.9 Å². The van der Waals surface area contributed by atoms with Crippen molar-refractivity contribution in [3.05, 3.63) is 28.7 Å². The summed E-state index contributed by atoms with van der Waals surface area (Å²) in [5, 5.41) is 2.79. The maximum atomic E-state index is 12.7. The summed E-state index contributed by atoms with van der Waals surface area (Å²) < 4.78 is 12.3. The number of halogens is 1. The summed E-state index contributed by atoms with van der Waals surface area (Å²) in [5.74, 6) is -0.832. The molecule has 1 aromatic carbocycles. The third kappa shape index (κ3) is 4.76. The molecule has 3 fully saturated rings. The van der Waals surface area contributed by atoms with Gasteiger partial charge in [-0.25, -0.2) is 4.79 Å². The Labute approximate surface area is 183 Å². The van der Waals surface area contributed by atoms with Crippen molar-refractivity contribution in [2.75, 3.05) is 57.8 Å². The number of amides is 4. The minimum Gasteiger partial charge on any atom is -0.347 e. The quantitative estimate of drug-likeness (QED) is 0.707. The molecule has 3 saturated heterocycles. The Morgan fingerprint density at radius 2 is 1.67 bits per heavy atom. The fraction of sp³-hybridized carbons (Fsp3) is 0.550. The maximum Gasteiger partial charge on any atom is 0.322 e. The van der Waals surface area contributed by atoms with E-state index in [0.29, 0.717) is 57.9 Å². The number of piperazine rings is 1. The lowest BCUT2D eigenvalue weighted by molar-refractivity contribution is -0.187. The Morgan fingerprint density at radius 3 is 2.30 bits per heavy atom. The van der Waals surface area contributed by atoms with E-state index < -0.39 is 5.79 Å². The highest BCUT2D eigenvalue weighted by molar-refractivity contribution is 9.10. The average Bonchev–Trinajstić information content (AvgIpc) is 3.19. The molecular weight excluding hydrogens is 456 g/mol. The minimum atomic E-state index is -0.527. The van der Waals surface area contributed by atoms with Gasteiger partial charge in [0.25, 0.3) is 0 Å². The van der Waals surface area contributed by atoms with Gasteiger partial charge in [-0.05, 0) is 24.3 Å². The van der Waals surface area contributed by atoms with Crippen LogP contribution in [0.4, 0.5) is 10.5 Å². The second-order valence-corrected chi connectivity index (χ2v) is 8.58. The molecule has 1 spiro atoms. The number of hydrogen-bond acceptors (Lipinski definition) is 5. The number of ether oxygens (including phenoxy) is 2. The van der Waals surface area contributed by atoms with Crippen molar-refractivity contribution in [3.63, 3.8) is 0 Å². The largest absolute Gasteiger partial charge is 0.347 e. The van der Waals surface area contributed by atoms with E-state index in [1.165, 1.54) is 9.80 Å². The Bertz CT molecular complexity index is 802. The van der Waals surface area contributed by atoms with Gasteiger partial charge in [0, 0.05) is 49.2 Å². The highest BCUT2D eigenvalue weighted by atomic mass is 79.9. The zero-order chi connectivity index (χ0) is 21.1. The Hall–Kier alpha value is -2.17. The maximum absolute atomic E-state index is 12.7. The third-order valence-electron chi connectivity index (χ3n) is 5.72. The highest BCUT2D eigenvalue weighted by Crippen LogP contribution is 2.31. The van der Waals surface area contributed by atoms with Crippen LogP contribution in [0.25, 0.3) is 0 Å². The molecule has 0 unspecified atom stereocenters. The smallest absolute Gasteiger partial charge is 0.322 e. The fourth-order valence-electron chi connectivity index (χ4n) is 3.93. The molecule has 0 aliphatic carbocycles.